The number of rotatable bonds is 8. The first-order valence-corrected chi connectivity index (χ1v) is 9.26. The van der Waals surface area contributed by atoms with Crippen LogP contribution in [0.4, 0.5) is 0 Å². The summed E-state index contributed by atoms with van der Waals surface area (Å²) in [5.41, 5.74) is 5.74. The zero-order valence-corrected chi connectivity index (χ0v) is 16.8. The standard InChI is InChI=1S/C19H22BrN3O4/c1-3-4-9-27-16-7-5-13(10-17(16)26-2)6-8-18(24)22-23-19(25)15-11-14(20)12-21-15/h5-8,10-12,21H,3-4,9H2,1-2H3,(H,22,24)(H,23,25)/b8-6+. The summed E-state index contributed by atoms with van der Waals surface area (Å²) in [5.74, 6) is 0.352. The van der Waals surface area contributed by atoms with Gasteiger partial charge in [0.1, 0.15) is 5.69 Å². The zero-order chi connectivity index (χ0) is 19.6. The molecule has 0 saturated carbocycles. The van der Waals surface area contributed by atoms with E-state index in [2.05, 4.69) is 38.7 Å². The number of ether oxygens (including phenoxy) is 2. The molecule has 1 heterocycles. The van der Waals surface area contributed by atoms with Gasteiger partial charge in [-0.3, -0.25) is 20.4 Å². The van der Waals surface area contributed by atoms with E-state index < -0.39 is 11.8 Å². The highest BCUT2D eigenvalue weighted by Gasteiger charge is 2.08. The highest BCUT2D eigenvalue weighted by molar-refractivity contribution is 9.10. The summed E-state index contributed by atoms with van der Waals surface area (Å²) in [6, 6.07) is 7.01. The monoisotopic (exact) mass is 435 g/mol. The van der Waals surface area contributed by atoms with Crippen LogP contribution in [0.15, 0.2) is 41.0 Å². The lowest BCUT2D eigenvalue weighted by molar-refractivity contribution is -0.117. The van der Waals surface area contributed by atoms with Crippen LogP contribution in [-0.2, 0) is 4.79 Å². The minimum atomic E-state index is -0.462. The fraction of sp³-hybridized carbons (Fsp3) is 0.263. The van der Waals surface area contributed by atoms with Crippen molar-refractivity contribution in [3.05, 3.63) is 52.3 Å². The van der Waals surface area contributed by atoms with Gasteiger partial charge in [-0.05, 0) is 52.2 Å². The summed E-state index contributed by atoms with van der Waals surface area (Å²) in [6.45, 7) is 2.72. The Bertz CT molecular complexity index is 817. The Morgan fingerprint density at radius 3 is 2.70 bits per heavy atom. The average Bonchev–Trinajstić information content (AvgIpc) is 3.11. The predicted octanol–water partition coefficient (Wildman–Crippen LogP) is 3.44. The van der Waals surface area contributed by atoms with Crippen LogP contribution in [0, 0.1) is 0 Å². The molecule has 0 aliphatic carbocycles. The Balaban J connectivity index is 1.90. The van der Waals surface area contributed by atoms with Crippen molar-refractivity contribution in [2.24, 2.45) is 0 Å². The van der Waals surface area contributed by atoms with E-state index in [4.69, 9.17) is 9.47 Å². The lowest BCUT2D eigenvalue weighted by Gasteiger charge is -2.11. The summed E-state index contributed by atoms with van der Waals surface area (Å²) in [6.07, 6.45) is 6.58. The van der Waals surface area contributed by atoms with Crippen molar-refractivity contribution in [3.63, 3.8) is 0 Å². The molecule has 2 aromatic rings. The third kappa shape index (κ3) is 6.49. The number of benzene rings is 1. The number of methoxy groups -OCH3 is 1. The van der Waals surface area contributed by atoms with E-state index in [1.807, 2.05) is 6.07 Å². The quantitative estimate of drug-likeness (QED) is 0.336. The molecule has 2 amide bonds. The third-order valence-electron chi connectivity index (χ3n) is 3.56. The number of aromatic amines is 1. The maximum Gasteiger partial charge on any atom is 0.286 e. The first-order valence-electron chi connectivity index (χ1n) is 8.46. The molecule has 27 heavy (non-hydrogen) atoms. The van der Waals surface area contributed by atoms with Gasteiger partial charge in [0.15, 0.2) is 11.5 Å². The molecule has 0 aliphatic rings. The normalized spacial score (nSPS) is 10.6. The number of aromatic nitrogens is 1. The molecule has 7 nitrogen and oxygen atoms in total. The Kier molecular flexibility index (Phi) is 7.94. The van der Waals surface area contributed by atoms with E-state index in [1.54, 1.807) is 37.6 Å². The zero-order valence-electron chi connectivity index (χ0n) is 15.2. The average molecular weight is 436 g/mol. The highest BCUT2D eigenvalue weighted by atomic mass is 79.9. The Labute approximate surface area is 166 Å². The molecule has 3 N–H and O–H groups in total. The molecular formula is C19H22BrN3O4. The Morgan fingerprint density at radius 2 is 2.04 bits per heavy atom. The second-order valence-corrected chi connectivity index (χ2v) is 6.54. The van der Waals surface area contributed by atoms with Crippen molar-refractivity contribution < 1.29 is 19.1 Å². The van der Waals surface area contributed by atoms with Gasteiger partial charge in [-0.2, -0.15) is 0 Å². The van der Waals surface area contributed by atoms with Crippen molar-refractivity contribution in [1.82, 2.24) is 15.8 Å². The van der Waals surface area contributed by atoms with Crippen LogP contribution in [0.2, 0.25) is 0 Å². The van der Waals surface area contributed by atoms with Gasteiger partial charge < -0.3 is 14.5 Å². The summed E-state index contributed by atoms with van der Waals surface area (Å²) >= 11 is 3.24. The first kappa shape index (κ1) is 20.6. The van der Waals surface area contributed by atoms with Crippen molar-refractivity contribution in [3.8, 4) is 11.5 Å². The summed E-state index contributed by atoms with van der Waals surface area (Å²) < 4.78 is 11.8. The minimum absolute atomic E-state index is 0.328. The van der Waals surface area contributed by atoms with Gasteiger partial charge in [-0.15, -0.1) is 0 Å². The maximum atomic E-state index is 11.9. The lowest BCUT2D eigenvalue weighted by Crippen LogP contribution is -2.40. The molecule has 0 radical (unpaired) electrons. The number of carbonyl (C=O) groups excluding carboxylic acids is 2. The molecule has 0 atom stereocenters. The molecule has 8 heteroatoms. The largest absolute Gasteiger partial charge is 0.493 e. The maximum absolute atomic E-state index is 11.9. The van der Waals surface area contributed by atoms with E-state index in [1.165, 1.54) is 6.08 Å². The summed E-state index contributed by atoms with van der Waals surface area (Å²) in [5, 5.41) is 0. The van der Waals surface area contributed by atoms with Gasteiger partial charge in [0.05, 0.1) is 13.7 Å². The molecular weight excluding hydrogens is 414 g/mol. The molecule has 144 valence electrons. The summed E-state index contributed by atoms with van der Waals surface area (Å²) in [7, 11) is 1.57. The lowest BCUT2D eigenvalue weighted by atomic mass is 10.2. The molecule has 0 saturated heterocycles. The van der Waals surface area contributed by atoms with Crippen molar-refractivity contribution >= 4 is 33.8 Å². The highest BCUT2D eigenvalue weighted by Crippen LogP contribution is 2.28. The number of hydrogen-bond acceptors (Lipinski definition) is 4. The number of halogens is 1. The second-order valence-electron chi connectivity index (χ2n) is 5.62. The van der Waals surface area contributed by atoms with Crippen molar-refractivity contribution in [1.29, 1.82) is 0 Å². The smallest absolute Gasteiger partial charge is 0.286 e. The van der Waals surface area contributed by atoms with Gasteiger partial charge in [-0.1, -0.05) is 19.4 Å². The van der Waals surface area contributed by atoms with Crippen LogP contribution in [0.3, 0.4) is 0 Å². The predicted molar refractivity (Wildman–Crippen MR) is 107 cm³/mol. The molecule has 1 aromatic carbocycles. The fourth-order valence-electron chi connectivity index (χ4n) is 2.13. The van der Waals surface area contributed by atoms with Crippen LogP contribution in [0.1, 0.15) is 35.8 Å². The van der Waals surface area contributed by atoms with Crippen molar-refractivity contribution in [2.45, 2.75) is 19.8 Å². The van der Waals surface area contributed by atoms with E-state index in [0.717, 1.165) is 22.9 Å². The Hall–Kier alpha value is -2.74. The van der Waals surface area contributed by atoms with Crippen molar-refractivity contribution in [2.75, 3.05) is 13.7 Å². The van der Waals surface area contributed by atoms with Crippen LogP contribution < -0.4 is 20.3 Å². The molecule has 0 bridgehead atoms. The number of unbranched alkanes of at least 4 members (excludes halogenated alkanes) is 1. The topological polar surface area (TPSA) is 92.5 Å². The first-order chi connectivity index (χ1) is 13.0. The van der Waals surface area contributed by atoms with Gasteiger partial charge in [0.25, 0.3) is 11.8 Å². The molecule has 1 aromatic heterocycles. The van der Waals surface area contributed by atoms with Gasteiger partial charge in [-0.25, -0.2) is 0 Å². The van der Waals surface area contributed by atoms with Gasteiger partial charge in [0.2, 0.25) is 0 Å². The molecule has 0 spiro atoms. The minimum Gasteiger partial charge on any atom is -0.493 e. The van der Waals surface area contributed by atoms with E-state index in [-0.39, 0.29) is 0 Å². The number of carbonyl (C=O) groups is 2. The number of hydrazine groups is 1. The van der Waals surface area contributed by atoms with Crippen LogP contribution >= 0.6 is 15.9 Å². The van der Waals surface area contributed by atoms with Crippen LogP contribution in [-0.4, -0.2) is 30.5 Å². The Morgan fingerprint density at radius 1 is 1.22 bits per heavy atom. The van der Waals surface area contributed by atoms with Crippen LogP contribution in [0.25, 0.3) is 6.08 Å². The SMILES string of the molecule is CCCCOc1ccc(/C=C/C(=O)NNC(=O)c2cc(Br)c[nH]2)cc1OC. The fourth-order valence-corrected chi connectivity index (χ4v) is 2.48. The van der Waals surface area contributed by atoms with Crippen LogP contribution in [0.5, 0.6) is 11.5 Å². The number of nitrogens with one attached hydrogen (secondary N) is 3. The number of H-pyrrole nitrogens is 1. The van der Waals surface area contributed by atoms with Gasteiger partial charge >= 0.3 is 0 Å². The molecule has 0 aliphatic heterocycles. The van der Waals surface area contributed by atoms with E-state index in [0.29, 0.717) is 23.8 Å². The molecule has 2 rings (SSSR count). The molecule has 0 unspecified atom stereocenters. The second kappa shape index (κ2) is 10.4. The summed E-state index contributed by atoms with van der Waals surface area (Å²) in [4.78, 5) is 26.5. The van der Waals surface area contributed by atoms with E-state index in [9.17, 15) is 9.59 Å². The third-order valence-corrected chi connectivity index (χ3v) is 4.02. The van der Waals surface area contributed by atoms with Gasteiger partial charge in [0, 0.05) is 16.7 Å². The van der Waals surface area contributed by atoms with E-state index >= 15 is 0 Å². The number of amides is 2. The molecule has 0 fully saturated rings. The number of hydrogen-bond donors (Lipinski definition) is 3.